The minimum absolute atomic E-state index is 0.382. The van der Waals surface area contributed by atoms with Crippen LogP contribution in [0.1, 0.15) is 30.7 Å². The monoisotopic (exact) mass is 307 g/mol. The van der Waals surface area contributed by atoms with Gasteiger partial charge in [0, 0.05) is 23.5 Å². The Balaban J connectivity index is 1.63. The van der Waals surface area contributed by atoms with Crippen LogP contribution in [0, 0.1) is 0 Å². The van der Waals surface area contributed by atoms with Gasteiger partial charge in [-0.15, -0.1) is 0 Å². The standard InChI is InChI=1S/C14H18BrN3/c1-18(11-6-7-11)14(16)17-13-8-12(13)9-2-4-10(15)5-3-9/h2-5,11-13H,6-8H2,1H3,(H2,16,17). The minimum atomic E-state index is 0.382. The Hall–Kier alpha value is -1.03. The van der Waals surface area contributed by atoms with E-state index in [1.165, 1.54) is 18.4 Å². The van der Waals surface area contributed by atoms with Crippen molar-refractivity contribution in [2.45, 2.75) is 37.3 Å². The molecule has 0 spiro atoms. The van der Waals surface area contributed by atoms with Crippen molar-refractivity contribution >= 4 is 21.9 Å². The van der Waals surface area contributed by atoms with Crippen molar-refractivity contribution in [3.8, 4) is 0 Å². The quantitative estimate of drug-likeness (QED) is 0.689. The molecule has 2 aliphatic rings. The fourth-order valence-electron chi connectivity index (χ4n) is 2.30. The SMILES string of the molecule is CN(C(N)=NC1CC1c1ccc(Br)cc1)C1CC1. The molecule has 0 amide bonds. The molecule has 1 aromatic carbocycles. The Morgan fingerprint density at radius 1 is 1.33 bits per heavy atom. The summed E-state index contributed by atoms with van der Waals surface area (Å²) < 4.78 is 1.12. The molecule has 2 atom stereocenters. The molecule has 2 aliphatic carbocycles. The number of nitrogens with zero attached hydrogens (tertiary/aromatic N) is 2. The lowest BCUT2D eigenvalue weighted by Crippen LogP contribution is -2.36. The molecule has 3 rings (SSSR count). The number of halogens is 1. The summed E-state index contributed by atoms with van der Waals surface area (Å²) in [5.74, 6) is 1.27. The number of guanidine groups is 1. The van der Waals surface area contributed by atoms with Gasteiger partial charge >= 0.3 is 0 Å². The molecule has 3 nitrogen and oxygen atoms in total. The van der Waals surface area contributed by atoms with E-state index in [4.69, 9.17) is 5.73 Å². The van der Waals surface area contributed by atoms with Crippen molar-refractivity contribution in [1.29, 1.82) is 0 Å². The van der Waals surface area contributed by atoms with E-state index in [1.54, 1.807) is 0 Å². The van der Waals surface area contributed by atoms with E-state index in [0.717, 1.165) is 10.9 Å². The van der Waals surface area contributed by atoms with E-state index in [0.29, 0.717) is 24.0 Å². The zero-order valence-corrected chi connectivity index (χ0v) is 12.1. The Labute approximate surface area is 116 Å². The van der Waals surface area contributed by atoms with Crippen LogP contribution < -0.4 is 5.73 Å². The minimum Gasteiger partial charge on any atom is -0.370 e. The molecule has 0 heterocycles. The molecule has 0 bridgehead atoms. The van der Waals surface area contributed by atoms with Gasteiger partial charge in [0.05, 0.1) is 6.04 Å². The second-order valence-electron chi connectivity index (χ2n) is 5.29. The predicted octanol–water partition coefficient (Wildman–Crippen LogP) is 2.71. The van der Waals surface area contributed by atoms with Crippen LogP contribution in [0.25, 0.3) is 0 Å². The van der Waals surface area contributed by atoms with Crippen LogP contribution in [0.4, 0.5) is 0 Å². The molecule has 18 heavy (non-hydrogen) atoms. The second-order valence-corrected chi connectivity index (χ2v) is 6.21. The number of hydrogen-bond donors (Lipinski definition) is 1. The fourth-order valence-corrected chi connectivity index (χ4v) is 2.57. The van der Waals surface area contributed by atoms with Crippen LogP contribution >= 0.6 is 15.9 Å². The average Bonchev–Trinajstić information content (AvgIpc) is 3.23. The van der Waals surface area contributed by atoms with Gasteiger partial charge in [-0.25, -0.2) is 4.99 Å². The molecule has 4 heteroatoms. The molecular formula is C14H18BrN3. The van der Waals surface area contributed by atoms with Crippen LogP contribution in [0.5, 0.6) is 0 Å². The summed E-state index contributed by atoms with van der Waals surface area (Å²) in [4.78, 5) is 6.76. The predicted molar refractivity (Wildman–Crippen MR) is 77.7 cm³/mol. The summed E-state index contributed by atoms with van der Waals surface area (Å²) in [5, 5.41) is 0. The first kappa shape index (κ1) is 12.0. The lowest BCUT2D eigenvalue weighted by molar-refractivity contribution is 0.487. The number of rotatable bonds is 3. The van der Waals surface area contributed by atoms with Crippen molar-refractivity contribution in [1.82, 2.24) is 4.90 Å². The van der Waals surface area contributed by atoms with Crippen molar-refractivity contribution in [3.05, 3.63) is 34.3 Å². The Kier molecular flexibility index (Phi) is 3.06. The molecular weight excluding hydrogens is 290 g/mol. The summed E-state index contributed by atoms with van der Waals surface area (Å²) in [6, 6.07) is 9.55. The summed E-state index contributed by atoms with van der Waals surface area (Å²) in [6.45, 7) is 0. The highest BCUT2D eigenvalue weighted by molar-refractivity contribution is 9.10. The van der Waals surface area contributed by atoms with E-state index in [9.17, 15) is 0 Å². The van der Waals surface area contributed by atoms with Crippen molar-refractivity contribution < 1.29 is 0 Å². The van der Waals surface area contributed by atoms with Crippen LogP contribution in [0.15, 0.2) is 33.7 Å². The molecule has 0 radical (unpaired) electrons. The zero-order valence-electron chi connectivity index (χ0n) is 10.5. The van der Waals surface area contributed by atoms with Crippen molar-refractivity contribution in [3.63, 3.8) is 0 Å². The highest BCUT2D eigenvalue weighted by Gasteiger charge is 2.39. The van der Waals surface area contributed by atoms with Crippen LogP contribution in [-0.2, 0) is 0 Å². The van der Waals surface area contributed by atoms with Gasteiger partial charge in [-0.1, -0.05) is 28.1 Å². The van der Waals surface area contributed by atoms with Gasteiger partial charge in [0.25, 0.3) is 0 Å². The Morgan fingerprint density at radius 2 is 2.00 bits per heavy atom. The number of hydrogen-bond acceptors (Lipinski definition) is 1. The summed E-state index contributed by atoms with van der Waals surface area (Å²) in [6.07, 6.45) is 3.64. The van der Waals surface area contributed by atoms with Crippen molar-refractivity contribution in [2.75, 3.05) is 7.05 Å². The highest BCUT2D eigenvalue weighted by Crippen LogP contribution is 2.43. The largest absolute Gasteiger partial charge is 0.370 e. The first-order valence-corrected chi connectivity index (χ1v) is 7.26. The maximum atomic E-state index is 6.03. The van der Waals surface area contributed by atoms with Gasteiger partial charge in [0.1, 0.15) is 0 Å². The maximum Gasteiger partial charge on any atom is 0.191 e. The van der Waals surface area contributed by atoms with Crippen LogP contribution in [0.2, 0.25) is 0 Å². The van der Waals surface area contributed by atoms with E-state index < -0.39 is 0 Å². The van der Waals surface area contributed by atoms with Gasteiger partial charge in [-0.2, -0.15) is 0 Å². The lowest BCUT2D eigenvalue weighted by Gasteiger charge is -2.16. The molecule has 96 valence electrons. The molecule has 2 N–H and O–H groups in total. The second kappa shape index (κ2) is 4.57. The topological polar surface area (TPSA) is 41.6 Å². The molecule has 2 fully saturated rings. The third kappa shape index (κ3) is 2.53. The highest BCUT2D eigenvalue weighted by atomic mass is 79.9. The van der Waals surface area contributed by atoms with Gasteiger partial charge in [-0.3, -0.25) is 0 Å². The van der Waals surface area contributed by atoms with E-state index in [-0.39, 0.29) is 0 Å². The summed E-state index contributed by atoms with van der Waals surface area (Å²) in [7, 11) is 2.05. The summed E-state index contributed by atoms with van der Waals surface area (Å²) in [5.41, 5.74) is 7.40. The third-order valence-corrected chi connectivity index (χ3v) is 4.34. The van der Waals surface area contributed by atoms with Gasteiger partial charge in [0.15, 0.2) is 5.96 Å². The van der Waals surface area contributed by atoms with E-state index in [2.05, 4.69) is 50.1 Å². The molecule has 0 saturated heterocycles. The zero-order chi connectivity index (χ0) is 12.7. The van der Waals surface area contributed by atoms with Gasteiger partial charge in [0.2, 0.25) is 0 Å². The lowest BCUT2D eigenvalue weighted by atomic mass is 10.1. The van der Waals surface area contributed by atoms with Crippen LogP contribution in [-0.4, -0.2) is 30.0 Å². The fraction of sp³-hybridized carbons (Fsp3) is 0.500. The number of benzene rings is 1. The first-order chi connectivity index (χ1) is 8.65. The maximum absolute atomic E-state index is 6.03. The first-order valence-electron chi connectivity index (χ1n) is 6.46. The molecule has 1 aromatic rings. The van der Waals surface area contributed by atoms with Gasteiger partial charge < -0.3 is 10.6 Å². The molecule has 0 aromatic heterocycles. The normalized spacial score (nSPS) is 27.1. The Morgan fingerprint density at radius 3 is 2.61 bits per heavy atom. The van der Waals surface area contributed by atoms with E-state index >= 15 is 0 Å². The number of aliphatic imine (C=N–C) groups is 1. The summed E-state index contributed by atoms with van der Waals surface area (Å²) >= 11 is 3.46. The average molecular weight is 308 g/mol. The number of nitrogens with two attached hydrogens (primary N) is 1. The molecule has 2 unspecified atom stereocenters. The van der Waals surface area contributed by atoms with Crippen LogP contribution in [0.3, 0.4) is 0 Å². The smallest absolute Gasteiger partial charge is 0.191 e. The molecule has 2 saturated carbocycles. The van der Waals surface area contributed by atoms with Crippen molar-refractivity contribution in [2.24, 2.45) is 10.7 Å². The Bertz CT molecular complexity index is 464. The molecule has 0 aliphatic heterocycles. The van der Waals surface area contributed by atoms with E-state index in [1.807, 2.05) is 7.05 Å². The third-order valence-electron chi connectivity index (χ3n) is 3.81. The van der Waals surface area contributed by atoms with Gasteiger partial charge in [-0.05, 0) is 37.0 Å².